The van der Waals surface area contributed by atoms with E-state index in [1.807, 2.05) is 90.5 Å². The van der Waals surface area contributed by atoms with Gasteiger partial charge in [-0.15, -0.1) is 5.10 Å². The van der Waals surface area contributed by atoms with Crippen LogP contribution in [0.5, 0.6) is 0 Å². The summed E-state index contributed by atoms with van der Waals surface area (Å²) in [4.78, 5) is 140. The van der Waals surface area contributed by atoms with Crippen molar-refractivity contribution in [2.45, 2.75) is 238 Å². The number of imide groups is 1. The number of carbonyl (C=O) groups excluding carboxylic acids is 10. The van der Waals surface area contributed by atoms with Gasteiger partial charge in [0.15, 0.2) is 0 Å². The highest BCUT2D eigenvalue weighted by Gasteiger charge is 2.59. The van der Waals surface area contributed by atoms with Gasteiger partial charge in [-0.3, -0.25) is 57.8 Å². The van der Waals surface area contributed by atoms with E-state index in [0.29, 0.717) is 102 Å². The number of hydrogen-bond acceptors (Lipinski definition) is 24. The Morgan fingerprint density at radius 3 is 1.71 bits per heavy atom. The lowest BCUT2D eigenvalue weighted by Gasteiger charge is -2.56. The number of para-hydroxylation sites is 1. The number of fused-ring (bicyclic) bond motifs is 9. The molecule has 0 bridgehead atoms. The van der Waals surface area contributed by atoms with Gasteiger partial charge in [0.05, 0.1) is 147 Å². The van der Waals surface area contributed by atoms with Gasteiger partial charge in [-0.1, -0.05) is 139 Å². The molecule has 0 radical (unpaired) electrons. The molecule has 2 saturated carbocycles. The lowest BCUT2D eigenvalue weighted by molar-refractivity contribution is -0.150. The Bertz CT molecular complexity index is 5030. The number of hydrogen-bond donors (Lipinski definition) is 10. The van der Waals surface area contributed by atoms with Crippen molar-refractivity contribution in [3.8, 4) is 0 Å². The second-order valence-corrected chi connectivity index (χ2v) is 39.6. The van der Waals surface area contributed by atoms with Crippen LogP contribution in [0.15, 0.2) is 84.9 Å². The van der Waals surface area contributed by atoms with E-state index in [1.165, 1.54) is 11.1 Å². The molecule has 11 rings (SSSR count). The number of amides is 10. The second-order valence-electron chi connectivity index (χ2n) is 38.0. The molecule has 36 heteroatoms. The SMILES string of the molecule is CC(C)[C@H](NC(=O)[C@@H](CCCCNC(=O)COC1CCCCCc2c1nnn2CCOCCOCCOCCOCCC(=O)NCCS(=O)(=O)O)NC(=O)CCOCCOCCOCCOCCNC(=O)CCC(=O)N1Cc2ccccc2/C=C\c2ccccc21)C(=O)N[C@@H](C)C(=O)Nc1ccc2c(c1)[C@@]1(C)CCC[C@](C)(C(=O)NC(=O)[C@@]3(C)CCC[C@]4(C)c5cc(N)ccc5CC[C@@H]34)[C@@H]1CC2. The third-order valence-electron chi connectivity index (χ3n) is 27.9. The Hall–Kier alpha value is -9.99. The number of benzene rings is 4. The molecule has 1 aromatic heterocycles. The number of aromatic nitrogens is 3. The highest BCUT2D eigenvalue weighted by atomic mass is 32.2. The van der Waals surface area contributed by atoms with Crippen molar-refractivity contribution >= 4 is 98.4 Å². The topological polar surface area (TPSA) is 464 Å². The van der Waals surface area contributed by atoms with Crippen molar-refractivity contribution < 1.29 is 104 Å². The molecule has 1 aliphatic heterocycles. The molecule has 2 heterocycles. The molecule has 4 aromatic carbocycles. The number of nitrogen functional groups attached to an aromatic ring is 1. The summed E-state index contributed by atoms with van der Waals surface area (Å²) in [5.74, 6) is -4.96. The smallest absolute Gasteiger partial charge is 0.266 e. The third-order valence-corrected chi connectivity index (χ3v) is 28.7. The summed E-state index contributed by atoms with van der Waals surface area (Å²) in [7, 11) is -4.15. The van der Waals surface area contributed by atoms with E-state index in [2.05, 4.69) is 91.8 Å². The Morgan fingerprint density at radius 1 is 0.518 bits per heavy atom. The maximum absolute atomic E-state index is 15.0. The standard InChI is InChI=1S/C101H145N13O22S/c1-69(2)91(95(122)106-70(3)93(120)107-77-33-29-73-31-35-85-99(5,79(73)66-77)41-18-43-101(85,7)97(124)110-96(123)100(6)42-17-40-98(4)78-65-76(102)32-28-72(78)30-34-84(98)100)109-94(121)80(108-88(117)39-49-129-53-57-133-60-62-134-58-54-130-50-45-104-86(115)36-37-90(119)113-67-75-21-12-11-19-71(75)26-27-74-20-13-14-23-81(74)113)22-15-16-44-103-89(118)68-136-83-25-10-8-9-24-82-92(83)111-112-114(82)47-51-131-55-59-135-63-61-132-56-52-128-48-38-87(116)105-46-64-137(125,126)127/h11-14,19-21,23,26-29,32-33,65-66,69-70,80,83-85,91H,8-10,15-18,22,24-25,30-31,34-64,67-68,102H2,1-7H3,(H,103,118)(H,104,115)(H,105,116)(H,106,122)(H,107,120)(H,108,117)(H,109,121)(H,110,123,124)(H,125,126,127)/b27-26-/t70-,80+,83?,84+,85+,91-,98+,99+,100-,101-/m0/s1. The third kappa shape index (κ3) is 31.0. The summed E-state index contributed by atoms with van der Waals surface area (Å²) in [6.07, 6.45) is 16.4. The second kappa shape index (κ2) is 52.9. The summed E-state index contributed by atoms with van der Waals surface area (Å²) in [6, 6.07) is 24.3. The predicted octanol–water partition coefficient (Wildman–Crippen LogP) is 8.98. The highest BCUT2D eigenvalue weighted by Crippen LogP contribution is 2.60. The molecule has 5 aromatic rings. The van der Waals surface area contributed by atoms with Crippen LogP contribution in [-0.4, -0.2) is 243 Å². The van der Waals surface area contributed by atoms with E-state index in [4.69, 9.17) is 52.9 Å². The van der Waals surface area contributed by atoms with Crippen LogP contribution in [0.3, 0.4) is 0 Å². The van der Waals surface area contributed by atoms with Gasteiger partial charge in [0.25, 0.3) is 10.1 Å². The Kier molecular flexibility index (Phi) is 41.5. The van der Waals surface area contributed by atoms with Crippen LogP contribution in [0.1, 0.15) is 227 Å². The van der Waals surface area contributed by atoms with Gasteiger partial charge in [-0.25, -0.2) is 4.68 Å². The lowest BCUT2D eigenvalue weighted by atomic mass is 9.49. The Morgan fingerprint density at radius 2 is 1.07 bits per heavy atom. The number of nitrogens with two attached hydrogens (primary N) is 1. The molecule has 752 valence electrons. The molecule has 137 heavy (non-hydrogen) atoms. The quantitative estimate of drug-likeness (QED) is 0.00751. The summed E-state index contributed by atoms with van der Waals surface area (Å²) in [5.41, 5.74) is 15.2. The van der Waals surface area contributed by atoms with Gasteiger partial charge in [0.1, 0.15) is 36.5 Å². The van der Waals surface area contributed by atoms with E-state index < -0.39 is 91.8 Å². The van der Waals surface area contributed by atoms with E-state index in [-0.39, 0.29) is 178 Å². The van der Waals surface area contributed by atoms with Crippen LogP contribution in [0, 0.1) is 28.6 Å². The minimum atomic E-state index is -4.15. The first-order valence-corrected chi connectivity index (χ1v) is 50.6. The van der Waals surface area contributed by atoms with Crippen LogP contribution < -0.4 is 53.2 Å². The van der Waals surface area contributed by atoms with Crippen LogP contribution in [0.4, 0.5) is 17.1 Å². The molecule has 0 spiro atoms. The monoisotopic (exact) mass is 1920 g/mol. The fraction of sp³-hybridized carbons (Fsp3) is 0.624. The maximum Gasteiger partial charge on any atom is 0.266 e. The zero-order valence-electron chi connectivity index (χ0n) is 80.9. The molecule has 10 atom stereocenters. The van der Waals surface area contributed by atoms with Gasteiger partial charge >= 0.3 is 0 Å². The molecular weight excluding hydrogens is 1780 g/mol. The van der Waals surface area contributed by atoms with Crippen molar-refractivity contribution in [2.75, 3.05) is 154 Å². The minimum Gasteiger partial charge on any atom is -0.399 e. The highest BCUT2D eigenvalue weighted by molar-refractivity contribution is 7.85. The van der Waals surface area contributed by atoms with Crippen molar-refractivity contribution in [3.63, 3.8) is 0 Å². The lowest BCUT2D eigenvalue weighted by Crippen LogP contribution is -2.60. The molecule has 11 N–H and O–H groups in total. The zero-order chi connectivity index (χ0) is 98.0. The fourth-order valence-corrected chi connectivity index (χ4v) is 20.8. The first kappa shape index (κ1) is 107. The largest absolute Gasteiger partial charge is 0.399 e. The number of ether oxygens (including phenoxy) is 9. The summed E-state index contributed by atoms with van der Waals surface area (Å²) in [5, 5.41) is 31.7. The fourth-order valence-electron chi connectivity index (χ4n) is 20.4. The summed E-state index contributed by atoms with van der Waals surface area (Å²) >= 11 is 0. The molecule has 0 saturated heterocycles. The average molecular weight is 1930 g/mol. The minimum absolute atomic E-state index is 0.000134. The van der Waals surface area contributed by atoms with Crippen molar-refractivity contribution in [1.82, 2.24) is 52.2 Å². The molecule has 6 aliphatic rings. The number of anilines is 3. The zero-order valence-corrected chi connectivity index (χ0v) is 81.7. The van der Waals surface area contributed by atoms with E-state index in [0.717, 1.165) is 110 Å². The average Bonchev–Trinajstić information content (AvgIpc) is 1.14. The van der Waals surface area contributed by atoms with E-state index in [1.54, 1.807) is 25.7 Å². The summed E-state index contributed by atoms with van der Waals surface area (Å²) < 4.78 is 83.6. The van der Waals surface area contributed by atoms with Gasteiger partial charge in [0, 0.05) is 56.7 Å². The van der Waals surface area contributed by atoms with E-state index in [9.17, 15) is 51.6 Å². The van der Waals surface area contributed by atoms with Crippen LogP contribution in [-0.2, 0) is 144 Å². The molecule has 5 aliphatic carbocycles. The maximum atomic E-state index is 15.0. The normalized spacial score (nSPS) is 21.4. The van der Waals surface area contributed by atoms with Crippen molar-refractivity contribution in [3.05, 3.63) is 135 Å². The van der Waals surface area contributed by atoms with Gasteiger partial charge in [-0.05, 0) is 195 Å². The van der Waals surface area contributed by atoms with Crippen LogP contribution >= 0.6 is 0 Å². The number of nitrogens with zero attached hydrogens (tertiary/aromatic N) is 4. The number of rotatable bonds is 54. The van der Waals surface area contributed by atoms with Gasteiger partial charge in [0.2, 0.25) is 59.1 Å². The number of carbonyl (C=O) groups is 10. The summed E-state index contributed by atoms with van der Waals surface area (Å²) in [6.45, 7) is 18.6. The molecule has 2 fully saturated rings. The molecule has 1 unspecified atom stereocenters. The van der Waals surface area contributed by atoms with Crippen LogP contribution in [0.2, 0.25) is 0 Å². The number of aryl methyl sites for hydroxylation is 2. The first-order valence-electron chi connectivity index (χ1n) is 49.0. The first-order chi connectivity index (χ1) is 65.9. The van der Waals surface area contributed by atoms with E-state index >= 15 is 4.79 Å². The number of nitrogens with one attached hydrogen (secondary N) is 8. The van der Waals surface area contributed by atoms with Crippen LogP contribution in [0.25, 0.3) is 12.2 Å². The Balaban J connectivity index is 0.609. The molecule has 10 amide bonds. The predicted molar refractivity (Wildman–Crippen MR) is 516 cm³/mol. The van der Waals surface area contributed by atoms with Crippen molar-refractivity contribution in [2.24, 2.45) is 28.6 Å². The molecular formula is C101H145N13O22S. The Labute approximate surface area is 805 Å². The van der Waals surface area contributed by atoms with Gasteiger partial charge < -0.3 is 90.5 Å². The number of unbranched alkanes of at least 4 members (excludes halogenated alkanes) is 1. The van der Waals surface area contributed by atoms with Crippen molar-refractivity contribution in [1.29, 1.82) is 0 Å². The molecule has 35 nitrogen and oxygen atoms in total. The van der Waals surface area contributed by atoms with Gasteiger partial charge in [-0.2, -0.15) is 8.42 Å².